The first-order chi connectivity index (χ1) is 6.65. The van der Waals surface area contributed by atoms with E-state index in [1.54, 1.807) is 0 Å². The van der Waals surface area contributed by atoms with E-state index in [1.165, 1.54) is 6.42 Å². The van der Waals surface area contributed by atoms with Gasteiger partial charge in [-0.25, -0.2) is 0 Å². The fraction of sp³-hybridized carbons (Fsp3) is 0.833. The molecule has 0 amide bonds. The number of hydrogen-bond donors (Lipinski definition) is 1. The van der Waals surface area contributed by atoms with Gasteiger partial charge in [0.1, 0.15) is 0 Å². The molecule has 1 aliphatic heterocycles. The van der Waals surface area contributed by atoms with Gasteiger partial charge in [0.25, 0.3) is 0 Å². The van der Waals surface area contributed by atoms with Crippen LogP contribution in [0.3, 0.4) is 0 Å². The first-order valence-electron chi connectivity index (χ1n) is 5.73. The molecule has 1 rings (SSSR count). The van der Waals surface area contributed by atoms with Crippen LogP contribution in [0.4, 0.5) is 0 Å². The van der Waals surface area contributed by atoms with Crippen molar-refractivity contribution in [3.05, 3.63) is 12.7 Å². The van der Waals surface area contributed by atoms with Crippen molar-refractivity contribution in [3.8, 4) is 0 Å². The van der Waals surface area contributed by atoms with Crippen molar-refractivity contribution < 1.29 is 0 Å². The molecule has 2 nitrogen and oxygen atoms in total. The Morgan fingerprint density at radius 3 is 2.86 bits per heavy atom. The maximum Gasteiger partial charge on any atom is 0.0218 e. The second kappa shape index (κ2) is 5.52. The van der Waals surface area contributed by atoms with Crippen LogP contribution in [0.25, 0.3) is 0 Å². The summed E-state index contributed by atoms with van der Waals surface area (Å²) >= 11 is 0. The van der Waals surface area contributed by atoms with E-state index in [-0.39, 0.29) is 0 Å². The Labute approximate surface area is 88.4 Å². The maximum absolute atomic E-state index is 3.83. The summed E-state index contributed by atoms with van der Waals surface area (Å²) in [5, 5.41) is 3.62. The van der Waals surface area contributed by atoms with E-state index >= 15 is 0 Å². The van der Waals surface area contributed by atoms with E-state index in [1.807, 2.05) is 6.08 Å². The van der Waals surface area contributed by atoms with Crippen LogP contribution in [0.2, 0.25) is 0 Å². The first kappa shape index (κ1) is 11.7. The van der Waals surface area contributed by atoms with Crippen LogP contribution < -0.4 is 5.32 Å². The van der Waals surface area contributed by atoms with E-state index in [4.69, 9.17) is 0 Å². The van der Waals surface area contributed by atoms with Gasteiger partial charge in [-0.05, 0) is 25.8 Å². The molecule has 0 aliphatic carbocycles. The third-order valence-corrected chi connectivity index (χ3v) is 3.19. The van der Waals surface area contributed by atoms with Crippen LogP contribution in [0, 0.1) is 5.92 Å². The minimum absolute atomic E-state index is 0.639. The van der Waals surface area contributed by atoms with Gasteiger partial charge in [0.2, 0.25) is 0 Å². The monoisotopic (exact) mass is 196 g/mol. The highest BCUT2D eigenvalue weighted by Gasteiger charge is 2.23. The molecule has 0 radical (unpaired) electrons. The van der Waals surface area contributed by atoms with E-state index in [2.05, 4.69) is 37.6 Å². The van der Waals surface area contributed by atoms with Gasteiger partial charge < -0.3 is 5.32 Å². The molecule has 2 unspecified atom stereocenters. The van der Waals surface area contributed by atoms with Crippen molar-refractivity contribution in [2.24, 2.45) is 5.92 Å². The van der Waals surface area contributed by atoms with Crippen LogP contribution in [0.1, 0.15) is 27.2 Å². The maximum atomic E-state index is 3.83. The van der Waals surface area contributed by atoms with Crippen LogP contribution in [0.5, 0.6) is 0 Å². The number of nitrogens with zero attached hydrogens (tertiary/aromatic N) is 1. The second-order valence-electron chi connectivity index (χ2n) is 4.68. The Balaban J connectivity index is 2.56. The number of nitrogens with one attached hydrogen (secondary N) is 1. The van der Waals surface area contributed by atoms with Crippen molar-refractivity contribution in [3.63, 3.8) is 0 Å². The molecular weight excluding hydrogens is 172 g/mol. The molecule has 2 heteroatoms. The number of rotatable bonds is 3. The standard InChI is InChI=1S/C12H24N2/c1-5-8-14-9-12(10(2)3)13-7-6-11(14)4/h5,10-13H,1,6-9H2,2-4H3. The average molecular weight is 196 g/mol. The second-order valence-corrected chi connectivity index (χ2v) is 4.68. The molecule has 14 heavy (non-hydrogen) atoms. The highest BCUT2D eigenvalue weighted by Crippen LogP contribution is 2.13. The quantitative estimate of drug-likeness (QED) is 0.693. The lowest BCUT2D eigenvalue weighted by molar-refractivity contribution is 0.212. The third kappa shape index (κ3) is 3.10. The Kier molecular flexibility index (Phi) is 4.63. The minimum atomic E-state index is 0.639. The summed E-state index contributed by atoms with van der Waals surface area (Å²) in [6.07, 6.45) is 3.26. The molecule has 0 aromatic heterocycles. The van der Waals surface area contributed by atoms with Gasteiger partial charge in [0, 0.05) is 25.2 Å². The minimum Gasteiger partial charge on any atom is -0.312 e. The predicted octanol–water partition coefficient (Wildman–Crippen LogP) is 1.88. The lowest BCUT2D eigenvalue weighted by Gasteiger charge is -2.29. The summed E-state index contributed by atoms with van der Waals surface area (Å²) < 4.78 is 0. The molecule has 0 spiro atoms. The Morgan fingerprint density at radius 2 is 2.29 bits per heavy atom. The largest absolute Gasteiger partial charge is 0.312 e. The summed E-state index contributed by atoms with van der Waals surface area (Å²) in [7, 11) is 0. The molecular formula is C12H24N2. The lowest BCUT2D eigenvalue weighted by atomic mass is 10.0. The fourth-order valence-corrected chi connectivity index (χ4v) is 2.02. The molecule has 1 fully saturated rings. The Morgan fingerprint density at radius 1 is 1.57 bits per heavy atom. The van der Waals surface area contributed by atoms with E-state index in [0.717, 1.165) is 19.6 Å². The van der Waals surface area contributed by atoms with Gasteiger partial charge in [0.15, 0.2) is 0 Å². The smallest absolute Gasteiger partial charge is 0.0218 e. The molecule has 0 aromatic rings. The van der Waals surface area contributed by atoms with E-state index in [9.17, 15) is 0 Å². The van der Waals surface area contributed by atoms with Crippen molar-refractivity contribution in [2.45, 2.75) is 39.3 Å². The molecule has 1 aliphatic rings. The van der Waals surface area contributed by atoms with Gasteiger partial charge >= 0.3 is 0 Å². The highest BCUT2D eigenvalue weighted by molar-refractivity contribution is 4.86. The number of hydrogen-bond acceptors (Lipinski definition) is 2. The zero-order chi connectivity index (χ0) is 10.6. The van der Waals surface area contributed by atoms with Crippen LogP contribution >= 0.6 is 0 Å². The van der Waals surface area contributed by atoms with Gasteiger partial charge in [0.05, 0.1) is 0 Å². The highest BCUT2D eigenvalue weighted by atomic mass is 15.2. The normalized spacial score (nSPS) is 30.3. The zero-order valence-corrected chi connectivity index (χ0v) is 9.79. The zero-order valence-electron chi connectivity index (χ0n) is 9.79. The molecule has 82 valence electrons. The molecule has 0 bridgehead atoms. The van der Waals surface area contributed by atoms with Crippen molar-refractivity contribution in [1.29, 1.82) is 0 Å². The van der Waals surface area contributed by atoms with Gasteiger partial charge in [-0.3, -0.25) is 4.90 Å². The lowest BCUT2D eigenvalue weighted by Crippen LogP contribution is -2.42. The van der Waals surface area contributed by atoms with Crippen LogP contribution in [0.15, 0.2) is 12.7 Å². The molecule has 2 atom stereocenters. The first-order valence-corrected chi connectivity index (χ1v) is 5.73. The van der Waals surface area contributed by atoms with Crippen molar-refractivity contribution >= 4 is 0 Å². The molecule has 0 saturated carbocycles. The summed E-state index contributed by atoms with van der Waals surface area (Å²) in [5.41, 5.74) is 0. The van der Waals surface area contributed by atoms with Crippen molar-refractivity contribution in [2.75, 3.05) is 19.6 Å². The molecule has 1 N–H and O–H groups in total. The SMILES string of the molecule is C=CCN1CC(C(C)C)NCCC1C. The topological polar surface area (TPSA) is 15.3 Å². The van der Waals surface area contributed by atoms with Gasteiger partial charge in [-0.15, -0.1) is 6.58 Å². The van der Waals surface area contributed by atoms with Crippen LogP contribution in [-0.4, -0.2) is 36.6 Å². The van der Waals surface area contributed by atoms with E-state index < -0.39 is 0 Å². The van der Waals surface area contributed by atoms with Crippen molar-refractivity contribution in [1.82, 2.24) is 10.2 Å². The molecule has 1 saturated heterocycles. The summed E-state index contributed by atoms with van der Waals surface area (Å²) in [6.45, 7) is 14.1. The Bertz CT molecular complexity index is 177. The van der Waals surface area contributed by atoms with Gasteiger partial charge in [-0.1, -0.05) is 19.9 Å². The van der Waals surface area contributed by atoms with Crippen LogP contribution in [-0.2, 0) is 0 Å². The third-order valence-electron chi connectivity index (χ3n) is 3.19. The summed E-state index contributed by atoms with van der Waals surface area (Å²) in [6, 6.07) is 1.32. The van der Waals surface area contributed by atoms with E-state index in [0.29, 0.717) is 18.0 Å². The predicted molar refractivity (Wildman–Crippen MR) is 62.5 cm³/mol. The average Bonchev–Trinajstić information content (AvgIpc) is 2.30. The summed E-state index contributed by atoms with van der Waals surface area (Å²) in [4.78, 5) is 2.53. The van der Waals surface area contributed by atoms with Gasteiger partial charge in [-0.2, -0.15) is 0 Å². The molecule has 0 aromatic carbocycles. The Hall–Kier alpha value is -0.340. The summed E-state index contributed by atoms with van der Waals surface area (Å²) in [5.74, 6) is 0.715. The fourth-order valence-electron chi connectivity index (χ4n) is 2.02. The molecule has 1 heterocycles.